The van der Waals surface area contributed by atoms with E-state index >= 15 is 0 Å². The van der Waals surface area contributed by atoms with Crippen LogP contribution in [0.25, 0.3) is 22.5 Å². The first kappa shape index (κ1) is 27.7. The Morgan fingerprint density at radius 1 is 1.02 bits per heavy atom. The smallest absolute Gasteiger partial charge is 0.333 e. The fraction of sp³-hybridized carbons (Fsp3) is 0.393. The summed E-state index contributed by atoms with van der Waals surface area (Å²) in [6.07, 6.45) is 0. The molecule has 12 heteroatoms. The number of piperazine rings is 1. The highest BCUT2D eigenvalue weighted by Crippen LogP contribution is 2.43. The number of carbonyl (C=O) groups excluding carboxylic acids is 2. The summed E-state index contributed by atoms with van der Waals surface area (Å²) in [6, 6.07) is 12.4. The zero-order valence-corrected chi connectivity index (χ0v) is 22.5. The topological polar surface area (TPSA) is 146 Å². The lowest BCUT2D eigenvalue weighted by Gasteiger charge is -2.32. The number of aromatic amines is 1. The minimum atomic E-state index is -0.386. The van der Waals surface area contributed by atoms with Crippen LogP contribution in [0.4, 0.5) is 10.5 Å². The molecule has 0 radical (unpaired) electrons. The van der Waals surface area contributed by atoms with Gasteiger partial charge in [-0.2, -0.15) is 5.10 Å². The third-order valence-corrected chi connectivity index (χ3v) is 7.20. The summed E-state index contributed by atoms with van der Waals surface area (Å²) in [5.41, 5.74) is 6.84. The lowest BCUT2D eigenvalue weighted by molar-refractivity contribution is 0.104. The highest BCUT2D eigenvalue weighted by Gasteiger charge is 2.35. The SMILES string of the molecule is CN1CCN(NC(=O)Nc2cccc3c2C(=O)c2c-3n[nH]c2-c2ccc(OCCN(CCO)CCO)cc2)CC1. The summed E-state index contributed by atoms with van der Waals surface area (Å²) in [5, 5.41) is 30.5. The number of urea groups is 1. The summed E-state index contributed by atoms with van der Waals surface area (Å²) in [5.74, 6) is 0.470. The summed E-state index contributed by atoms with van der Waals surface area (Å²) >= 11 is 0. The zero-order chi connectivity index (χ0) is 28.1. The highest BCUT2D eigenvalue weighted by atomic mass is 16.5. The lowest BCUT2D eigenvalue weighted by Crippen LogP contribution is -2.53. The summed E-state index contributed by atoms with van der Waals surface area (Å²) in [4.78, 5) is 30.5. The molecule has 2 amide bonds. The Labute approximate surface area is 232 Å². The van der Waals surface area contributed by atoms with Gasteiger partial charge in [-0.05, 0) is 37.4 Å². The fourth-order valence-corrected chi connectivity index (χ4v) is 5.03. The molecule has 1 saturated heterocycles. The molecule has 0 bridgehead atoms. The summed E-state index contributed by atoms with van der Waals surface area (Å²) < 4.78 is 5.83. The van der Waals surface area contributed by atoms with Crippen molar-refractivity contribution >= 4 is 17.5 Å². The maximum Gasteiger partial charge on any atom is 0.333 e. The van der Waals surface area contributed by atoms with Crippen molar-refractivity contribution in [2.75, 3.05) is 78.0 Å². The number of amides is 2. The number of rotatable bonds is 11. The van der Waals surface area contributed by atoms with Gasteiger partial charge < -0.3 is 25.2 Å². The number of likely N-dealkylation sites (N-methyl/N-ethyl adjacent to an activating group) is 1. The average Bonchev–Trinajstić information content (AvgIpc) is 3.51. The largest absolute Gasteiger partial charge is 0.492 e. The van der Waals surface area contributed by atoms with E-state index in [0.29, 0.717) is 65.8 Å². The Bertz CT molecular complexity index is 1330. The normalized spacial score (nSPS) is 15.2. The van der Waals surface area contributed by atoms with Gasteiger partial charge in [0.15, 0.2) is 5.78 Å². The van der Waals surface area contributed by atoms with Gasteiger partial charge >= 0.3 is 6.03 Å². The number of hydrogen-bond donors (Lipinski definition) is 5. The van der Waals surface area contributed by atoms with E-state index in [-0.39, 0.29) is 25.0 Å². The number of hydrogen-bond acceptors (Lipinski definition) is 9. The molecule has 0 spiro atoms. The number of carbonyl (C=O) groups is 2. The average molecular weight is 550 g/mol. The van der Waals surface area contributed by atoms with Crippen LogP contribution in [0.15, 0.2) is 42.5 Å². The molecule has 12 nitrogen and oxygen atoms in total. The number of ketones is 1. The second-order valence-electron chi connectivity index (χ2n) is 9.90. The lowest BCUT2D eigenvalue weighted by atomic mass is 10.0. The molecule has 0 atom stereocenters. The second-order valence-corrected chi connectivity index (χ2v) is 9.90. The first-order chi connectivity index (χ1) is 19.5. The van der Waals surface area contributed by atoms with Gasteiger partial charge in [0.05, 0.1) is 35.7 Å². The molecular weight excluding hydrogens is 514 g/mol. The fourth-order valence-electron chi connectivity index (χ4n) is 5.03. The molecule has 2 heterocycles. The van der Waals surface area contributed by atoms with Crippen molar-refractivity contribution in [2.24, 2.45) is 0 Å². The molecule has 3 aromatic rings. The number of aliphatic hydroxyl groups is 2. The molecule has 1 aliphatic heterocycles. The maximum absolute atomic E-state index is 13.6. The maximum atomic E-state index is 13.6. The third kappa shape index (κ3) is 6.01. The Balaban J connectivity index is 1.26. The Hall–Kier alpha value is -3.81. The predicted molar refractivity (Wildman–Crippen MR) is 150 cm³/mol. The van der Waals surface area contributed by atoms with Crippen LogP contribution < -0.4 is 15.5 Å². The van der Waals surface area contributed by atoms with Crippen molar-refractivity contribution in [3.8, 4) is 28.3 Å². The van der Waals surface area contributed by atoms with Crippen LogP contribution in [0.5, 0.6) is 5.75 Å². The molecule has 2 aliphatic rings. The number of fused-ring (bicyclic) bond motifs is 3. The standard InChI is InChI=1S/C28H35N7O5/c1-33-9-11-35(12-10-33)32-28(39)29-22-4-2-3-21-23(22)27(38)24-25(30-31-26(21)24)19-5-7-20(8-6-19)40-18-15-34(13-16-36)14-17-37/h2-8,36-37H,9-18H2,1H3,(H,30,31)(H2,29,32,39). The van der Waals surface area contributed by atoms with Crippen LogP contribution in [-0.4, -0.2) is 120 Å². The van der Waals surface area contributed by atoms with E-state index in [4.69, 9.17) is 14.9 Å². The first-order valence-electron chi connectivity index (χ1n) is 13.4. The van der Waals surface area contributed by atoms with Gasteiger partial charge in [-0.25, -0.2) is 9.80 Å². The highest BCUT2D eigenvalue weighted by molar-refractivity contribution is 6.26. The Morgan fingerprint density at radius 2 is 1.75 bits per heavy atom. The van der Waals surface area contributed by atoms with Crippen molar-refractivity contribution in [3.63, 3.8) is 0 Å². The van der Waals surface area contributed by atoms with Gasteiger partial charge in [0, 0.05) is 56.9 Å². The van der Waals surface area contributed by atoms with Gasteiger partial charge in [0.25, 0.3) is 0 Å². The third-order valence-electron chi connectivity index (χ3n) is 7.20. The number of H-pyrrole nitrogens is 1. The van der Waals surface area contributed by atoms with E-state index in [0.717, 1.165) is 31.7 Å². The van der Waals surface area contributed by atoms with Crippen LogP contribution in [0.1, 0.15) is 15.9 Å². The number of aromatic nitrogens is 2. The van der Waals surface area contributed by atoms with Gasteiger partial charge in [0.1, 0.15) is 18.1 Å². The number of nitrogens with zero attached hydrogens (tertiary/aromatic N) is 4. The first-order valence-corrected chi connectivity index (χ1v) is 13.4. The quantitative estimate of drug-likeness (QED) is 0.186. The minimum Gasteiger partial charge on any atom is -0.492 e. The van der Waals surface area contributed by atoms with Crippen LogP contribution in [0.2, 0.25) is 0 Å². The summed E-state index contributed by atoms with van der Waals surface area (Å²) in [7, 11) is 2.05. The van der Waals surface area contributed by atoms with Crippen molar-refractivity contribution in [1.82, 2.24) is 30.4 Å². The molecule has 0 saturated carbocycles. The van der Waals surface area contributed by atoms with Crippen LogP contribution in [0.3, 0.4) is 0 Å². The van der Waals surface area contributed by atoms with Crippen LogP contribution in [-0.2, 0) is 0 Å². The molecular formula is C28H35N7O5. The molecule has 212 valence electrons. The van der Waals surface area contributed by atoms with Crippen molar-refractivity contribution in [1.29, 1.82) is 0 Å². The van der Waals surface area contributed by atoms with Crippen molar-refractivity contribution in [3.05, 3.63) is 53.6 Å². The number of hydrazine groups is 1. The molecule has 0 unspecified atom stereocenters. The molecule has 1 fully saturated rings. The van der Waals surface area contributed by atoms with E-state index in [2.05, 4.69) is 25.8 Å². The molecule has 5 N–H and O–H groups in total. The Morgan fingerprint density at radius 3 is 2.45 bits per heavy atom. The second kappa shape index (κ2) is 12.6. The van der Waals surface area contributed by atoms with Crippen LogP contribution >= 0.6 is 0 Å². The van der Waals surface area contributed by atoms with Gasteiger partial charge in [-0.15, -0.1) is 0 Å². The van der Waals surface area contributed by atoms with E-state index in [1.165, 1.54) is 0 Å². The van der Waals surface area contributed by atoms with Gasteiger partial charge in [-0.1, -0.05) is 12.1 Å². The van der Waals surface area contributed by atoms with Crippen molar-refractivity contribution < 1.29 is 24.5 Å². The molecule has 40 heavy (non-hydrogen) atoms. The number of ether oxygens (including phenoxy) is 1. The molecule has 5 rings (SSSR count). The molecule has 2 aromatic carbocycles. The summed E-state index contributed by atoms with van der Waals surface area (Å²) in [6.45, 7) is 5.16. The van der Waals surface area contributed by atoms with Gasteiger partial charge in [0.2, 0.25) is 0 Å². The zero-order valence-electron chi connectivity index (χ0n) is 22.5. The van der Waals surface area contributed by atoms with E-state index < -0.39 is 0 Å². The number of benzene rings is 2. The number of nitrogens with one attached hydrogen (secondary N) is 3. The Kier molecular flexibility index (Phi) is 8.72. The predicted octanol–water partition coefficient (Wildman–Crippen LogP) is 1.24. The molecule has 1 aliphatic carbocycles. The van der Waals surface area contributed by atoms with E-state index in [1.54, 1.807) is 12.1 Å². The van der Waals surface area contributed by atoms with E-state index in [9.17, 15) is 9.59 Å². The molecule has 1 aromatic heterocycles. The number of aliphatic hydroxyl groups excluding tert-OH is 2. The van der Waals surface area contributed by atoms with Crippen LogP contribution in [0, 0.1) is 0 Å². The van der Waals surface area contributed by atoms with Gasteiger partial charge in [-0.3, -0.25) is 20.2 Å². The number of anilines is 1. The van der Waals surface area contributed by atoms with E-state index in [1.807, 2.05) is 47.3 Å². The monoisotopic (exact) mass is 549 g/mol. The minimum absolute atomic E-state index is 0.0210. The van der Waals surface area contributed by atoms with Crippen molar-refractivity contribution in [2.45, 2.75) is 0 Å².